The summed E-state index contributed by atoms with van der Waals surface area (Å²) in [5, 5.41) is 6.83. The minimum absolute atomic E-state index is 0.226. The number of hydrogen-bond donors (Lipinski definition) is 3. The van der Waals surface area contributed by atoms with Gasteiger partial charge in [-0.05, 0) is 61.7 Å². The lowest BCUT2D eigenvalue weighted by molar-refractivity contribution is 0.627. The van der Waals surface area contributed by atoms with Crippen molar-refractivity contribution < 1.29 is 4.39 Å². The van der Waals surface area contributed by atoms with E-state index in [9.17, 15) is 4.39 Å². The van der Waals surface area contributed by atoms with E-state index < -0.39 is 0 Å². The summed E-state index contributed by atoms with van der Waals surface area (Å²) in [7, 11) is 0. The molecule has 4 rings (SSSR count). The lowest BCUT2D eigenvalue weighted by atomic mass is 10.1. The summed E-state index contributed by atoms with van der Waals surface area (Å²) in [6.07, 6.45) is 0. The second kappa shape index (κ2) is 7.35. The van der Waals surface area contributed by atoms with Crippen LogP contribution in [0.3, 0.4) is 0 Å². The Morgan fingerprint density at radius 1 is 0.964 bits per heavy atom. The second-order valence-corrected chi connectivity index (χ2v) is 7.17. The molecule has 5 heteroatoms. The van der Waals surface area contributed by atoms with Crippen LogP contribution in [0.5, 0.6) is 0 Å². The van der Waals surface area contributed by atoms with Crippen molar-refractivity contribution in [1.29, 1.82) is 0 Å². The van der Waals surface area contributed by atoms with E-state index in [1.165, 1.54) is 28.8 Å². The van der Waals surface area contributed by atoms with E-state index >= 15 is 0 Å². The molecule has 3 aromatic carbocycles. The highest BCUT2D eigenvalue weighted by molar-refractivity contribution is 5.90. The first-order chi connectivity index (χ1) is 13.5. The van der Waals surface area contributed by atoms with Gasteiger partial charge in [0.25, 0.3) is 0 Å². The molecular weight excluding hydrogens is 351 g/mol. The molecule has 1 heterocycles. The molecule has 1 aromatic heterocycles. The fourth-order valence-electron chi connectivity index (χ4n) is 3.53. The SMILES string of the molecule is Cc1cc(C)c(Nc2nc3c(NCc4ccc(F)cc4)cccc3[nH]2)c(C)c1. The number of nitrogens with zero attached hydrogens (tertiary/aromatic N) is 1. The predicted octanol–water partition coefficient (Wildman–Crippen LogP) is 5.98. The minimum Gasteiger partial charge on any atom is -0.379 e. The molecule has 0 fully saturated rings. The molecule has 0 radical (unpaired) electrons. The van der Waals surface area contributed by atoms with Crippen molar-refractivity contribution in [3.63, 3.8) is 0 Å². The largest absolute Gasteiger partial charge is 0.379 e. The Hall–Kier alpha value is -3.34. The van der Waals surface area contributed by atoms with Gasteiger partial charge in [0.2, 0.25) is 5.95 Å². The number of imidazole rings is 1. The van der Waals surface area contributed by atoms with E-state index in [1.54, 1.807) is 12.1 Å². The van der Waals surface area contributed by atoms with Gasteiger partial charge in [0.15, 0.2) is 0 Å². The number of para-hydroxylation sites is 1. The maximum absolute atomic E-state index is 13.1. The summed E-state index contributed by atoms with van der Waals surface area (Å²) >= 11 is 0. The zero-order valence-electron chi connectivity index (χ0n) is 16.2. The lowest BCUT2D eigenvalue weighted by Gasteiger charge is -2.11. The van der Waals surface area contributed by atoms with E-state index in [-0.39, 0.29) is 5.82 Å². The number of benzene rings is 3. The molecule has 0 saturated carbocycles. The molecule has 142 valence electrons. The zero-order chi connectivity index (χ0) is 19.7. The molecular formula is C23H23FN4. The van der Waals surface area contributed by atoms with Crippen molar-refractivity contribution >= 4 is 28.4 Å². The van der Waals surface area contributed by atoms with Crippen LogP contribution in [-0.4, -0.2) is 9.97 Å². The average Bonchev–Trinajstić information content (AvgIpc) is 3.07. The number of aromatic amines is 1. The van der Waals surface area contributed by atoms with Gasteiger partial charge < -0.3 is 15.6 Å². The quantitative estimate of drug-likeness (QED) is 0.403. The Kier molecular flexibility index (Phi) is 4.74. The Morgan fingerprint density at radius 2 is 1.68 bits per heavy atom. The van der Waals surface area contributed by atoms with Crippen LogP contribution in [0.1, 0.15) is 22.3 Å². The highest BCUT2D eigenvalue weighted by Gasteiger charge is 2.10. The molecule has 0 bridgehead atoms. The van der Waals surface area contributed by atoms with Gasteiger partial charge in [0, 0.05) is 12.2 Å². The van der Waals surface area contributed by atoms with E-state index in [4.69, 9.17) is 4.98 Å². The fraction of sp³-hybridized carbons (Fsp3) is 0.174. The van der Waals surface area contributed by atoms with Crippen molar-refractivity contribution in [2.24, 2.45) is 0 Å². The summed E-state index contributed by atoms with van der Waals surface area (Å²) in [4.78, 5) is 8.10. The average molecular weight is 374 g/mol. The third-order valence-corrected chi connectivity index (χ3v) is 4.83. The van der Waals surface area contributed by atoms with Crippen molar-refractivity contribution in [3.05, 3.63) is 82.7 Å². The lowest BCUT2D eigenvalue weighted by Crippen LogP contribution is -2.00. The molecule has 0 spiro atoms. The summed E-state index contributed by atoms with van der Waals surface area (Å²) in [6.45, 7) is 6.90. The van der Waals surface area contributed by atoms with Crippen molar-refractivity contribution in [3.8, 4) is 0 Å². The number of rotatable bonds is 5. The van der Waals surface area contributed by atoms with Gasteiger partial charge in [-0.1, -0.05) is 35.9 Å². The maximum Gasteiger partial charge on any atom is 0.205 e. The standard InChI is InChI=1S/C23H23FN4/c1-14-11-15(2)21(16(3)12-14)27-23-26-20-6-4-5-19(22(20)28-23)25-13-17-7-9-18(24)10-8-17/h4-12,25H,13H2,1-3H3,(H2,26,27,28). The van der Waals surface area contributed by atoms with Crippen LogP contribution in [0.15, 0.2) is 54.6 Å². The molecule has 4 nitrogen and oxygen atoms in total. The van der Waals surface area contributed by atoms with Gasteiger partial charge >= 0.3 is 0 Å². The Morgan fingerprint density at radius 3 is 2.39 bits per heavy atom. The fourth-order valence-corrected chi connectivity index (χ4v) is 3.53. The van der Waals surface area contributed by atoms with Gasteiger partial charge in [-0.25, -0.2) is 9.37 Å². The Labute approximate surface area is 163 Å². The van der Waals surface area contributed by atoms with E-state index in [0.717, 1.165) is 28.0 Å². The van der Waals surface area contributed by atoms with Crippen LogP contribution in [0, 0.1) is 26.6 Å². The first-order valence-electron chi connectivity index (χ1n) is 9.31. The topological polar surface area (TPSA) is 52.7 Å². The third-order valence-electron chi connectivity index (χ3n) is 4.83. The van der Waals surface area contributed by atoms with Crippen LogP contribution in [-0.2, 0) is 6.54 Å². The number of hydrogen-bond acceptors (Lipinski definition) is 3. The molecule has 28 heavy (non-hydrogen) atoms. The molecule has 0 unspecified atom stereocenters. The molecule has 0 aliphatic heterocycles. The molecule has 0 aliphatic carbocycles. The molecule has 0 saturated heterocycles. The number of aryl methyl sites for hydroxylation is 3. The van der Waals surface area contributed by atoms with Crippen molar-refractivity contribution in [2.75, 3.05) is 10.6 Å². The van der Waals surface area contributed by atoms with Crippen LogP contribution < -0.4 is 10.6 Å². The highest BCUT2D eigenvalue weighted by Crippen LogP contribution is 2.28. The number of halogens is 1. The van der Waals surface area contributed by atoms with Crippen LogP contribution in [0.2, 0.25) is 0 Å². The molecule has 4 aromatic rings. The van der Waals surface area contributed by atoms with Crippen LogP contribution in [0.4, 0.5) is 21.7 Å². The molecule has 0 amide bonds. The van der Waals surface area contributed by atoms with Gasteiger partial charge in [0.05, 0.1) is 11.2 Å². The van der Waals surface area contributed by atoms with Gasteiger partial charge in [-0.3, -0.25) is 0 Å². The number of anilines is 3. The number of fused-ring (bicyclic) bond motifs is 1. The van der Waals surface area contributed by atoms with Crippen molar-refractivity contribution in [1.82, 2.24) is 9.97 Å². The zero-order valence-corrected chi connectivity index (χ0v) is 16.2. The Bertz CT molecular complexity index is 1110. The van der Waals surface area contributed by atoms with Crippen molar-refractivity contribution in [2.45, 2.75) is 27.3 Å². The van der Waals surface area contributed by atoms with E-state index in [2.05, 4.69) is 48.5 Å². The monoisotopic (exact) mass is 374 g/mol. The van der Waals surface area contributed by atoms with Crippen LogP contribution >= 0.6 is 0 Å². The first kappa shape index (κ1) is 18.0. The summed E-state index contributed by atoms with van der Waals surface area (Å²) in [6, 6.07) is 16.8. The van der Waals surface area contributed by atoms with E-state index in [1.807, 2.05) is 18.2 Å². The summed E-state index contributed by atoms with van der Waals surface area (Å²) in [5.74, 6) is 0.483. The summed E-state index contributed by atoms with van der Waals surface area (Å²) in [5.41, 5.74) is 8.47. The second-order valence-electron chi connectivity index (χ2n) is 7.17. The maximum atomic E-state index is 13.1. The molecule has 0 aliphatic rings. The number of H-pyrrole nitrogens is 1. The number of aromatic nitrogens is 2. The highest BCUT2D eigenvalue weighted by atomic mass is 19.1. The summed E-state index contributed by atoms with van der Waals surface area (Å²) < 4.78 is 13.1. The van der Waals surface area contributed by atoms with Gasteiger partial charge in [0.1, 0.15) is 11.3 Å². The molecule has 0 atom stereocenters. The number of nitrogens with one attached hydrogen (secondary N) is 3. The molecule has 3 N–H and O–H groups in total. The van der Waals surface area contributed by atoms with Gasteiger partial charge in [-0.2, -0.15) is 0 Å². The normalized spacial score (nSPS) is 11.0. The first-order valence-corrected chi connectivity index (χ1v) is 9.31. The Balaban J connectivity index is 1.59. The van der Waals surface area contributed by atoms with E-state index in [0.29, 0.717) is 12.5 Å². The van der Waals surface area contributed by atoms with Gasteiger partial charge in [-0.15, -0.1) is 0 Å². The van der Waals surface area contributed by atoms with Crippen LogP contribution in [0.25, 0.3) is 11.0 Å². The minimum atomic E-state index is -0.226. The predicted molar refractivity (Wildman–Crippen MR) is 114 cm³/mol. The third kappa shape index (κ3) is 3.69. The smallest absolute Gasteiger partial charge is 0.205 e.